The molecule has 0 aromatic carbocycles. The Morgan fingerprint density at radius 3 is 2.85 bits per heavy atom. The van der Waals surface area contributed by atoms with Crippen LogP contribution in [0.4, 0.5) is 0 Å². The molecular weight excluding hydrogens is 297 g/mol. The minimum Gasteiger partial charge on any atom is -0.464 e. The topological polar surface area (TPSA) is 43.9 Å². The molecule has 0 radical (unpaired) electrons. The van der Waals surface area contributed by atoms with Gasteiger partial charge in [0.1, 0.15) is 22.9 Å². The zero-order valence-corrected chi connectivity index (χ0v) is 12.6. The number of hydrogen-bond donors (Lipinski definition) is 0. The monoisotopic (exact) mass is 309 g/mol. The number of imidazole rings is 1. The highest BCUT2D eigenvalue weighted by Gasteiger charge is 2.20. The van der Waals surface area contributed by atoms with E-state index in [1.807, 2.05) is 30.5 Å². The summed E-state index contributed by atoms with van der Waals surface area (Å²) in [5.41, 5.74) is 1.50. The van der Waals surface area contributed by atoms with Gasteiger partial charge in [-0.15, -0.1) is 11.6 Å². The number of nitrogens with zero attached hydrogens (tertiary/aromatic N) is 3. The van der Waals surface area contributed by atoms with Gasteiger partial charge >= 0.3 is 0 Å². The van der Waals surface area contributed by atoms with Crippen molar-refractivity contribution in [2.75, 3.05) is 0 Å². The molecule has 3 rings (SSSR count). The summed E-state index contributed by atoms with van der Waals surface area (Å²) < 4.78 is 7.68. The first-order chi connectivity index (χ1) is 9.60. The predicted octanol–water partition coefficient (Wildman–Crippen LogP) is 4.33. The van der Waals surface area contributed by atoms with Crippen molar-refractivity contribution in [3.05, 3.63) is 46.8 Å². The van der Waals surface area contributed by atoms with Crippen molar-refractivity contribution in [1.82, 2.24) is 14.5 Å². The highest BCUT2D eigenvalue weighted by molar-refractivity contribution is 6.31. The molecular formula is C14H13Cl2N3O. The summed E-state index contributed by atoms with van der Waals surface area (Å²) >= 11 is 12.0. The van der Waals surface area contributed by atoms with Crippen LogP contribution in [0, 0.1) is 6.92 Å². The number of aryl methyl sites for hydroxylation is 1. The number of furan rings is 1. The van der Waals surface area contributed by atoms with Crippen molar-refractivity contribution >= 4 is 34.4 Å². The van der Waals surface area contributed by atoms with Crippen LogP contribution in [0.15, 0.2) is 28.8 Å². The molecule has 3 aromatic rings. The minimum absolute atomic E-state index is 0.0314. The summed E-state index contributed by atoms with van der Waals surface area (Å²) in [6.45, 7) is 3.95. The molecule has 0 aliphatic carbocycles. The van der Waals surface area contributed by atoms with Gasteiger partial charge in [-0.3, -0.25) is 0 Å². The molecule has 104 valence electrons. The fraction of sp³-hybridized carbons (Fsp3) is 0.286. The Bertz CT molecular complexity index is 763. The summed E-state index contributed by atoms with van der Waals surface area (Å²) in [4.78, 5) is 8.86. The number of pyridine rings is 1. The van der Waals surface area contributed by atoms with Crippen LogP contribution in [-0.4, -0.2) is 14.5 Å². The third kappa shape index (κ3) is 2.19. The van der Waals surface area contributed by atoms with E-state index in [1.54, 1.807) is 12.3 Å². The van der Waals surface area contributed by atoms with Crippen molar-refractivity contribution in [2.24, 2.45) is 0 Å². The van der Waals surface area contributed by atoms with E-state index in [0.29, 0.717) is 10.9 Å². The highest BCUT2D eigenvalue weighted by Crippen LogP contribution is 2.27. The van der Waals surface area contributed by atoms with Crippen LogP contribution in [-0.2, 0) is 5.88 Å². The van der Waals surface area contributed by atoms with Gasteiger partial charge in [-0.2, -0.15) is 0 Å². The zero-order chi connectivity index (χ0) is 14.3. The van der Waals surface area contributed by atoms with E-state index in [9.17, 15) is 0 Å². The van der Waals surface area contributed by atoms with Gasteiger partial charge in [0, 0.05) is 6.20 Å². The van der Waals surface area contributed by atoms with Crippen LogP contribution in [0.2, 0.25) is 5.02 Å². The highest BCUT2D eigenvalue weighted by atomic mass is 35.5. The van der Waals surface area contributed by atoms with Gasteiger partial charge in [0.2, 0.25) is 0 Å². The molecule has 0 N–H and O–H groups in total. The largest absolute Gasteiger partial charge is 0.464 e. The molecule has 0 saturated carbocycles. The third-order valence-corrected chi connectivity index (χ3v) is 3.70. The fourth-order valence-corrected chi connectivity index (χ4v) is 2.65. The maximum absolute atomic E-state index is 6.01. The summed E-state index contributed by atoms with van der Waals surface area (Å²) in [7, 11) is 0. The molecule has 0 spiro atoms. The van der Waals surface area contributed by atoms with Crippen LogP contribution >= 0.6 is 23.2 Å². The van der Waals surface area contributed by atoms with E-state index in [4.69, 9.17) is 27.6 Å². The van der Waals surface area contributed by atoms with Crippen molar-refractivity contribution in [3.63, 3.8) is 0 Å². The Hall–Kier alpha value is -1.52. The molecule has 0 aliphatic rings. The normalized spacial score (nSPS) is 13.0. The van der Waals surface area contributed by atoms with E-state index in [1.165, 1.54) is 0 Å². The van der Waals surface area contributed by atoms with Crippen LogP contribution in [0.5, 0.6) is 0 Å². The second-order valence-electron chi connectivity index (χ2n) is 4.65. The maximum atomic E-state index is 6.01. The first-order valence-corrected chi connectivity index (χ1v) is 7.16. The molecule has 0 saturated heterocycles. The van der Waals surface area contributed by atoms with Crippen LogP contribution in [0.1, 0.15) is 30.3 Å². The third-order valence-electron chi connectivity index (χ3n) is 3.25. The van der Waals surface area contributed by atoms with Crippen LogP contribution in [0.25, 0.3) is 11.2 Å². The Morgan fingerprint density at radius 2 is 2.20 bits per heavy atom. The molecule has 20 heavy (non-hydrogen) atoms. The summed E-state index contributed by atoms with van der Waals surface area (Å²) in [5.74, 6) is 2.78. The molecule has 0 aliphatic heterocycles. The van der Waals surface area contributed by atoms with Crippen LogP contribution in [0.3, 0.4) is 0 Å². The molecule has 3 aromatic heterocycles. The lowest BCUT2D eigenvalue weighted by Gasteiger charge is -2.14. The summed E-state index contributed by atoms with van der Waals surface area (Å²) in [6, 6.07) is 5.66. The molecule has 0 amide bonds. The lowest BCUT2D eigenvalue weighted by Crippen LogP contribution is -2.09. The van der Waals surface area contributed by atoms with Gasteiger partial charge < -0.3 is 8.98 Å². The van der Waals surface area contributed by atoms with Crippen molar-refractivity contribution < 1.29 is 4.42 Å². The van der Waals surface area contributed by atoms with E-state index in [2.05, 4.69) is 9.97 Å². The molecule has 1 unspecified atom stereocenters. The van der Waals surface area contributed by atoms with E-state index >= 15 is 0 Å². The molecule has 6 heteroatoms. The van der Waals surface area contributed by atoms with Gasteiger partial charge in [-0.25, -0.2) is 9.97 Å². The number of alkyl halides is 1. The number of halogens is 2. The van der Waals surface area contributed by atoms with Gasteiger partial charge in [0.25, 0.3) is 0 Å². The average molecular weight is 310 g/mol. The summed E-state index contributed by atoms with van der Waals surface area (Å²) in [6.07, 6.45) is 1.61. The zero-order valence-electron chi connectivity index (χ0n) is 11.1. The fourth-order valence-electron chi connectivity index (χ4n) is 2.31. The minimum atomic E-state index is -0.0314. The Balaban J connectivity index is 2.18. The van der Waals surface area contributed by atoms with Crippen molar-refractivity contribution in [1.29, 1.82) is 0 Å². The van der Waals surface area contributed by atoms with Gasteiger partial charge in [0.05, 0.1) is 16.9 Å². The van der Waals surface area contributed by atoms with Gasteiger partial charge in [0.15, 0.2) is 5.65 Å². The van der Waals surface area contributed by atoms with Gasteiger partial charge in [-0.1, -0.05) is 11.6 Å². The first-order valence-electron chi connectivity index (χ1n) is 6.25. The standard InChI is InChI=1S/C14H13Cl2N3O/c1-8-3-4-12(20-8)9(2)19-13(6-15)18-11-5-10(16)7-17-14(11)19/h3-5,7,9H,6H2,1-2H3. The van der Waals surface area contributed by atoms with Crippen molar-refractivity contribution in [3.8, 4) is 0 Å². The maximum Gasteiger partial charge on any atom is 0.160 e. The van der Waals surface area contributed by atoms with E-state index < -0.39 is 0 Å². The predicted molar refractivity (Wildman–Crippen MR) is 79.4 cm³/mol. The van der Waals surface area contributed by atoms with Gasteiger partial charge in [-0.05, 0) is 32.0 Å². The molecule has 4 nitrogen and oxygen atoms in total. The lowest BCUT2D eigenvalue weighted by atomic mass is 10.2. The number of rotatable bonds is 3. The number of hydrogen-bond acceptors (Lipinski definition) is 3. The molecule has 0 fully saturated rings. The second kappa shape index (κ2) is 5.11. The lowest BCUT2D eigenvalue weighted by molar-refractivity contribution is 0.428. The van der Waals surface area contributed by atoms with E-state index in [-0.39, 0.29) is 6.04 Å². The number of aromatic nitrogens is 3. The first kappa shape index (κ1) is 13.5. The second-order valence-corrected chi connectivity index (χ2v) is 5.36. The smallest absolute Gasteiger partial charge is 0.160 e. The summed E-state index contributed by atoms with van der Waals surface area (Å²) in [5, 5.41) is 0.560. The molecule has 0 bridgehead atoms. The quantitative estimate of drug-likeness (QED) is 0.676. The molecule has 1 atom stereocenters. The Morgan fingerprint density at radius 1 is 1.40 bits per heavy atom. The number of fused-ring (bicyclic) bond motifs is 1. The van der Waals surface area contributed by atoms with Crippen LogP contribution < -0.4 is 0 Å². The Kier molecular flexibility index (Phi) is 3.44. The van der Waals surface area contributed by atoms with Crippen molar-refractivity contribution in [2.45, 2.75) is 25.8 Å². The average Bonchev–Trinajstić information content (AvgIpc) is 3.00. The van der Waals surface area contributed by atoms with E-state index in [0.717, 1.165) is 28.5 Å². The SMILES string of the molecule is Cc1ccc(C(C)n2c(CCl)nc3cc(Cl)cnc32)o1. The Labute approximate surface area is 126 Å². The molecule has 3 heterocycles.